The van der Waals surface area contributed by atoms with E-state index < -0.39 is 27.3 Å². The van der Waals surface area contributed by atoms with Crippen molar-refractivity contribution in [3.63, 3.8) is 0 Å². The summed E-state index contributed by atoms with van der Waals surface area (Å²) in [4.78, 5) is 24.7. The van der Waals surface area contributed by atoms with Crippen molar-refractivity contribution in [1.82, 2.24) is 14.7 Å². The molecule has 0 saturated carbocycles. The van der Waals surface area contributed by atoms with E-state index in [4.69, 9.17) is 0 Å². The number of nitro groups is 2. The van der Waals surface area contributed by atoms with Gasteiger partial charge in [0.15, 0.2) is 0 Å². The van der Waals surface area contributed by atoms with Crippen LogP contribution in [0.1, 0.15) is 5.56 Å². The summed E-state index contributed by atoms with van der Waals surface area (Å²) in [6.07, 6.45) is -3.11. The van der Waals surface area contributed by atoms with Crippen LogP contribution in [0.3, 0.4) is 0 Å². The standard InChI is InChI=1S/C19H17F3N6O4/c20-19(21,22)14-1-3-17(18(10-14)28(31)32)25-7-5-24(6-8-25)12-26-16-4-2-15(27(29)30)9-13(16)11-23-26/h1-4,9-11H,5-8,12H2. The summed E-state index contributed by atoms with van der Waals surface area (Å²) in [6.45, 7) is 2.19. The molecule has 1 aliphatic rings. The normalized spacial score (nSPS) is 15.3. The number of piperazine rings is 1. The van der Waals surface area contributed by atoms with Gasteiger partial charge in [-0.05, 0) is 18.2 Å². The van der Waals surface area contributed by atoms with E-state index in [0.29, 0.717) is 44.3 Å². The van der Waals surface area contributed by atoms with E-state index in [1.54, 1.807) is 21.8 Å². The third-order valence-corrected chi connectivity index (χ3v) is 5.38. The Morgan fingerprint density at radius 2 is 1.69 bits per heavy atom. The number of anilines is 1. The van der Waals surface area contributed by atoms with Crippen molar-refractivity contribution in [2.45, 2.75) is 12.8 Å². The van der Waals surface area contributed by atoms with Crippen LogP contribution >= 0.6 is 0 Å². The molecule has 168 valence electrons. The van der Waals surface area contributed by atoms with Gasteiger partial charge in [-0.1, -0.05) is 0 Å². The number of non-ortho nitro benzene ring substituents is 1. The Kier molecular flexibility index (Phi) is 5.42. The van der Waals surface area contributed by atoms with E-state index in [-0.39, 0.29) is 11.4 Å². The lowest BCUT2D eigenvalue weighted by Gasteiger charge is -2.35. The molecule has 1 fully saturated rings. The highest BCUT2D eigenvalue weighted by atomic mass is 19.4. The van der Waals surface area contributed by atoms with Crippen LogP contribution in [0.2, 0.25) is 0 Å². The van der Waals surface area contributed by atoms with Gasteiger partial charge in [0, 0.05) is 49.8 Å². The van der Waals surface area contributed by atoms with Crippen LogP contribution in [-0.2, 0) is 12.8 Å². The number of alkyl halides is 3. The van der Waals surface area contributed by atoms with Crippen molar-refractivity contribution in [2.24, 2.45) is 0 Å². The van der Waals surface area contributed by atoms with Gasteiger partial charge < -0.3 is 4.90 Å². The fourth-order valence-corrected chi connectivity index (χ4v) is 3.73. The monoisotopic (exact) mass is 450 g/mol. The van der Waals surface area contributed by atoms with Crippen molar-refractivity contribution >= 4 is 28.0 Å². The molecule has 0 aliphatic carbocycles. The van der Waals surface area contributed by atoms with Gasteiger partial charge >= 0.3 is 6.18 Å². The molecule has 1 saturated heterocycles. The second-order valence-electron chi connectivity index (χ2n) is 7.35. The lowest BCUT2D eigenvalue weighted by atomic mass is 10.1. The van der Waals surface area contributed by atoms with Crippen LogP contribution in [0.4, 0.5) is 30.2 Å². The summed E-state index contributed by atoms with van der Waals surface area (Å²) in [6, 6.07) is 7.04. The van der Waals surface area contributed by atoms with Crippen LogP contribution in [-0.4, -0.2) is 50.7 Å². The highest BCUT2D eigenvalue weighted by Gasteiger charge is 2.34. The molecular weight excluding hydrogens is 433 g/mol. The molecule has 2 heterocycles. The molecule has 0 unspecified atom stereocenters. The topological polar surface area (TPSA) is 111 Å². The van der Waals surface area contributed by atoms with Gasteiger partial charge in [0.2, 0.25) is 0 Å². The van der Waals surface area contributed by atoms with Crippen LogP contribution in [0.5, 0.6) is 0 Å². The molecule has 4 rings (SSSR count). The van der Waals surface area contributed by atoms with Crippen molar-refractivity contribution < 1.29 is 23.0 Å². The fourth-order valence-electron chi connectivity index (χ4n) is 3.73. The minimum atomic E-state index is -4.66. The zero-order chi connectivity index (χ0) is 23.0. The maximum Gasteiger partial charge on any atom is 0.416 e. The number of fused-ring (bicyclic) bond motifs is 1. The molecule has 10 nitrogen and oxygen atoms in total. The molecule has 0 atom stereocenters. The molecule has 2 aromatic carbocycles. The SMILES string of the molecule is O=[N+]([O-])c1ccc2c(cnn2CN2CCN(c3ccc(C(F)(F)F)cc3[N+](=O)[O-])CC2)c1. The van der Waals surface area contributed by atoms with Gasteiger partial charge in [0.1, 0.15) is 5.69 Å². The molecule has 0 amide bonds. The lowest BCUT2D eigenvalue weighted by Crippen LogP contribution is -2.47. The molecule has 3 aromatic rings. The summed E-state index contributed by atoms with van der Waals surface area (Å²) >= 11 is 0. The minimum Gasteiger partial charge on any atom is -0.363 e. The predicted octanol–water partition coefficient (Wildman–Crippen LogP) is 3.65. The highest BCUT2D eigenvalue weighted by molar-refractivity contribution is 5.81. The van der Waals surface area contributed by atoms with Crippen LogP contribution in [0.15, 0.2) is 42.6 Å². The summed E-state index contributed by atoms with van der Waals surface area (Å²) in [5, 5.41) is 27.2. The summed E-state index contributed by atoms with van der Waals surface area (Å²) in [5.41, 5.74) is -0.773. The number of benzene rings is 2. The van der Waals surface area contributed by atoms with Crippen molar-refractivity contribution in [3.05, 3.63) is 68.4 Å². The Bertz CT molecular complexity index is 1190. The maximum atomic E-state index is 12.9. The second-order valence-corrected chi connectivity index (χ2v) is 7.35. The third kappa shape index (κ3) is 4.19. The van der Waals surface area contributed by atoms with Crippen LogP contribution in [0.25, 0.3) is 10.9 Å². The molecule has 13 heteroatoms. The van der Waals surface area contributed by atoms with E-state index in [1.165, 1.54) is 12.1 Å². The molecule has 0 spiro atoms. The first-order valence-electron chi connectivity index (χ1n) is 9.56. The predicted molar refractivity (Wildman–Crippen MR) is 108 cm³/mol. The highest BCUT2D eigenvalue weighted by Crippen LogP contribution is 2.36. The van der Waals surface area contributed by atoms with Gasteiger partial charge in [-0.15, -0.1) is 0 Å². The first kappa shape index (κ1) is 21.5. The van der Waals surface area contributed by atoms with Crippen LogP contribution in [0, 0.1) is 20.2 Å². The van der Waals surface area contributed by atoms with Gasteiger partial charge in [0.05, 0.1) is 33.8 Å². The van der Waals surface area contributed by atoms with Gasteiger partial charge in [-0.2, -0.15) is 18.3 Å². The van der Waals surface area contributed by atoms with E-state index in [2.05, 4.69) is 5.10 Å². The number of hydrogen-bond donors (Lipinski definition) is 0. The van der Waals surface area contributed by atoms with Gasteiger partial charge in [0.25, 0.3) is 11.4 Å². The Hall–Kier alpha value is -3.74. The Morgan fingerprint density at radius 1 is 0.969 bits per heavy atom. The summed E-state index contributed by atoms with van der Waals surface area (Å²) < 4.78 is 40.5. The number of nitro benzene ring substituents is 2. The van der Waals surface area contributed by atoms with Crippen LogP contribution < -0.4 is 4.90 Å². The largest absolute Gasteiger partial charge is 0.416 e. The number of rotatable bonds is 5. The Morgan fingerprint density at radius 3 is 2.31 bits per heavy atom. The van der Waals surface area contributed by atoms with E-state index >= 15 is 0 Å². The van der Waals surface area contributed by atoms with Crippen molar-refractivity contribution in [2.75, 3.05) is 31.1 Å². The molecule has 1 aliphatic heterocycles. The molecular formula is C19H17F3N6O4. The average Bonchev–Trinajstić information content (AvgIpc) is 3.15. The van der Waals surface area contributed by atoms with E-state index in [9.17, 15) is 33.4 Å². The molecule has 0 bridgehead atoms. The van der Waals surface area contributed by atoms with Crippen molar-refractivity contribution in [1.29, 1.82) is 0 Å². The second kappa shape index (κ2) is 8.07. The van der Waals surface area contributed by atoms with Gasteiger partial charge in [-0.3, -0.25) is 29.8 Å². The summed E-state index contributed by atoms with van der Waals surface area (Å²) in [7, 11) is 0. The summed E-state index contributed by atoms with van der Waals surface area (Å²) in [5.74, 6) is 0. The fraction of sp³-hybridized carbons (Fsp3) is 0.316. The zero-order valence-corrected chi connectivity index (χ0v) is 16.5. The first-order valence-corrected chi connectivity index (χ1v) is 9.56. The number of halogens is 3. The first-order chi connectivity index (χ1) is 15.1. The molecule has 0 N–H and O–H groups in total. The number of hydrogen-bond acceptors (Lipinski definition) is 7. The minimum absolute atomic E-state index is 0.0243. The van der Waals surface area contributed by atoms with E-state index in [0.717, 1.165) is 17.6 Å². The smallest absolute Gasteiger partial charge is 0.363 e. The maximum absolute atomic E-state index is 12.9. The Balaban J connectivity index is 1.46. The number of nitrogens with zero attached hydrogens (tertiary/aromatic N) is 6. The Labute approximate surface area is 178 Å². The molecule has 32 heavy (non-hydrogen) atoms. The number of aromatic nitrogens is 2. The zero-order valence-electron chi connectivity index (χ0n) is 16.5. The quantitative estimate of drug-likeness (QED) is 0.431. The molecule has 0 radical (unpaired) electrons. The average molecular weight is 450 g/mol. The van der Waals surface area contributed by atoms with Crippen molar-refractivity contribution in [3.8, 4) is 0 Å². The lowest BCUT2D eigenvalue weighted by molar-refractivity contribution is -0.384. The van der Waals surface area contributed by atoms with E-state index in [1.807, 2.05) is 4.90 Å². The third-order valence-electron chi connectivity index (χ3n) is 5.38. The van der Waals surface area contributed by atoms with Gasteiger partial charge in [-0.25, -0.2) is 0 Å². The molecule has 1 aromatic heterocycles.